The zero-order chi connectivity index (χ0) is 12.1. The average Bonchev–Trinajstić information content (AvgIpc) is 2.23. The fraction of sp³-hybridized carbons (Fsp3) is 0.250. The highest BCUT2D eigenvalue weighted by Gasteiger charge is 2.25. The van der Waals surface area contributed by atoms with E-state index in [0.29, 0.717) is 0 Å². The summed E-state index contributed by atoms with van der Waals surface area (Å²) in [7, 11) is 0. The summed E-state index contributed by atoms with van der Waals surface area (Å²) < 4.78 is 33.1. The molecule has 0 N–H and O–H groups in total. The normalized spacial score (nSPS) is 9.94. The Morgan fingerprint density at radius 3 is 2.44 bits per heavy atom. The van der Waals surface area contributed by atoms with Gasteiger partial charge in [0.1, 0.15) is 0 Å². The number of alkyl halides is 2. The van der Waals surface area contributed by atoms with Crippen LogP contribution in [0.15, 0.2) is 16.6 Å². The molecule has 0 unspecified atom stereocenters. The third-order valence-electron chi connectivity index (χ3n) is 1.64. The van der Waals surface area contributed by atoms with Gasteiger partial charge in [-0.3, -0.25) is 10.1 Å². The number of ether oxygens (including phenoxy) is 2. The maximum Gasteiger partial charge on any atom is 0.353 e. The first kappa shape index (κ1) is 12.6. The van der Waals surface area contributed by atoms with Gasteiger partial charge in [-0.2, -0.15) is 0 Å². The van der Waals surface area contributed by atoms with Gasteiger partial charge in [0, 0.05) is 0 Å². The largest absolute Gasteiger partial charge is 0.456 e. The van der Waals surface area contributed by atoms with Crippen molar-refractivity contribution in [3.8, 4) is 11.5 Å². The predicted octanol–water partition coefficient (Wildman–Crippen LogP) is 2.97. The van der Waals surface area contributed by atoms with Crippen molar-refractivity contribution in [3.63, 3.8) is 0 Å². The van der Waals surface area contributed by atoms with Crippen LogP contribution >= 0.6 is 15.9 Å². The summed E-state index contributed by atoms with van der Waals surface area (Å²) in [4.78, 5) is 9.89. The van der Waals surface area contributed by atoms with Crippen molar-refractivity contribution in [2.24, 2.45) is 0 Å². The molecule has 0 saturated carbocycles. The summed E-state index contributed by atoms with van der Waals surface area (Å²) >= 11 is 2.96. The van der Waals surface area contributed by atoms with Crippen LogP contribution in [0.1, 0.15) is 0 Å². The average molecular weight is 298 g/mol. The summed E-state index contributed by atoms with van der Waals surface area (Å²) in [6.45, 7) is -2.46. The Labute approximate surface area is 97.2 Å². The van der Waals surface area contributed by atoms with Crippen LogP contribution < -0.4 is 9.47 Å². The van der Waals surface area contributed by atoms with E-state index in [-0.39, 0.29) is 16.0 Å². The third-order valence-corrected chi connectivity index (χ3v) is 2.26. The molecule has 1 rings (SSSR count). The number of halogens is 3. The van der Waals surface area contributed by atoms with Gasteiger partial charge in [0.2, 0.25) is 25.2 Å². The van der Waals surface area contributed by atoms with E-state index in [0.717, 1.165) is 0 Å². The van der Waals surface area contributed by atoms with Gasteiger partial charge in [-0.25, -0.2) is 8.78 Å². The Kier molecular flexibility index (Phi) is 4.41. The first-order valence-corrected chi connectivity index (χ1v) is 4.75. The van der Waals surface area contributed by atoms with Crippen LogP contribution in [0.3, 0.4) is 0 Å². The molecule has 0 fully saturated rings. The van der Waals surface area contributed by atoms with Crippen molar-refractivity contribution in [1.82, 2.24) is 0 Å². The van der Waals surface area contributed by atoms with Crippen LogP contribution in [0.25, 0.3) is 0 Å². The van der Waals surface area contributed by atoms with Crippen molar-refractivity contribution in [1.29, 1.82) is 0 Å². The Hall–Kier alpha value is -1.44. The van der Waals surface area contributed by atoms with Gasteiger partial charge < -0.3 is 9.47 Å². The topological polar surface area (TPSA) is 61.6 Å². The van der Waals surface area contributed by atoms with E-state index in [1.165, 1.54) is 12.1 Å². The van der Waals surface area contributed by atoms with Crippen LogP contribution in [-0.4, -0.2) is 18.6 Å². The number of nitro benzene ring substituents is 1. The minimum atomic E-state index is -1.24. The van der Waals surface area contributed by atoms with Gasteiger partial charge in [0.05, 0.1) is 9.40 Å². The van der Waals surface area contributed by atoms with Crippen molar-refractivity contribution in [2.45, 2.75) is 0 Å². The molecular weight excluding hydrogens is 292 g/mol. The van der Waals surface area contributed by atoms with Gasteiger partial charge in [0.15, 0.2) is 0 Å². The quantitative estimate of drug-likeness (QED) is 0.619. The minimum Gasteiger partial charge on any atom is -0.456 e. The van der Waals surface area contributed by atoms with Crippen LogP contribution in [0.2, 0.25) is 0 Å². The summed E-state index contributed by atoms with van der Waals surface area (Å²) in [6, 6.07) is 2.52. The van der Waals surface area contributed by atoms with E-state index >= 15 is 0 Å². The monoisotopic (exact) mass is 297 g/mol. The van der Waals surface area contributed by atoms with Gasteiger partial charge >= 0.3 is 5.69 Å². The zero-order valence-corrected chi connectivity index (χ0v) is 9.37. The summed E-state index contributed by atoms with van der Waals surface area (Å²) in [6.07, 6.45) is 0. The Morgan fingerprint density at radius 2 is 1.94 bits per heavy atom. The van der Waals surface area contributed by atoms with E-state index in [1.807, 2.05) is 0 Å². The fourth-order valence-electron chi connectivity index (χ4n) is 1.07. The lowest BCUT2D eigenvalue weighted by Crippen LogP contribution is -2.01. The molecule has 8 heteroatoms. The van der Waals surface area contributed by atoms with E-state index in [9.17, 15) is 18.9 Å². The van der Waals surface area contributed by atoms with Gasteiger partial charge in [-0.15, -0.1) is 0 Å². The molecule has 16 heavy (non-hydrogen) atoms. The molecule has 88 valence electrons. The highest BCUT2D eigenvalue weighted by molar-refractivity contribution is 9.10. The van der Waals surface area contributed by atoms with E-state index < -0.39 is 24.3 Å². The molecule has 0 aliphatic heterocycles. The SMILES string of the molecule is O=[N+]([O-])c1c(OCF)ccc(Br)c1OCF. The van der Waals surface area contributed by atoms with Crippen LogP contribution in [0.4, 0.5) is 14.5 Å². The highest BCUT2D eigenvalue weighted by Crippen LogP contribution is 2.42. The van der Waals surface area contributed by atoms with Crippen molar-refractivity contribution >= 4 is 21.6 Å². The minimum absolute atomic E-state index is 0.183. The van der Waals surface area contributed by atoms with Crippen LogP contribution in [-0.2, 0) is 0 Å². The van der Waals surface area contributed by atoms with Gasteiger partial charge in [-0.05, 0) is 28.1 Å². The standard InChI is InChI=1S/C8H6BrF2NO4/c9-5-1-2-6(15-3-10)7(12(13)14)8(5)16-4-11/h1-2H,3-4H2. The summed E-state index contributed by atoms with van der Waals surface area (Å²) in [5.74, 6) is -0.655. The summed E-state index contributed by atoms with van der Waals surface area (Å²) in [5, 5.41) is 10.7. The van der Waals surface area contributed by atoms with E-state index in [4.69, 9.17) is 0 Å². The molecule has 0 amide bonds. The zero-order valence-electron chi connectivity index (χ0n) is 7.78. The molecule has 0 aromatic heterocycles. The fourth-order valence-corrected chi connectivity index (χ4v) is 1.50. The number of nitrogens with zero attached hydrogens (tertiary/aromatic N) is 1. The second-order valence-electron chi connectivity index (χ2n) is 2.49. The molecule has 0 heterocycles. The van der Waals surface area contributed by atoms with Gasteiger partial charge in [-0.1, -0.05) is 0 Å². The first-order valence-electron chi connectivity index (χ1n) is 3.96. The maximum absolute atomic E-state index is 12.0. The number of nitro groups is 1. The van der Waals surface area contributed by atoms with E-state index in [1.54, 1.807) is 0 Å². The van der Waals surface area contributed by atoms with Crippen LogP contribution in [0.5, 0.6) is 11.5 Å². The molecule has 0 aliphatic rings. The molecule has 0 radical (unpaired) electrons. The predicted molar refractivity (Wildman–Crippen MR) is 54.0 cm³/mol. The Morgan fingerprint density at radius 1 is 1.31 bits per heavy atom. The molecule has 0 atom stereocenters. The number of hydrogen-bond donors (Lipinski definition) is 0. The third kappa shape index (κ3) is 2.57. The number of rotatable bonds is 5. The van der Waals surface area contributed by atoms with Gasteiger partial charge in [0.25, 0.3) is 0 Å². The van der Waals surface area contributed by atoms with Crippen molar-refractivity contribution in [2.75, 3.05) is 13.7 Å². The molecule has 0 spiro atoms. The molecule has 0 aliphatic carbocycles. The molecule has 0 bridgehead atoms. The Balaban J connectivity index is 3.31. The smallest absolute Gasteiger partial charge is 0.353 e. The first-order chi connectivity index (χ1) is 7.61. The molecule has 5 nitrogen and oxygen atoms in total. The second-order valence-corrected chi connectivity index (χ2v) is 3.34. The number of benzene rings is 1. The lowest BCUT2D eigenvalue weighted by Gasteiger charge is -2.08. The molecular formula is C8H6BrF2NO4. The van der Waals surface area contributed by atoms with Crippen molar-refractivity contribution < 1.29 is 23.2 Å². The lowest BCUT2D eigenvalue weighted by molar-refractivity contribution is -0.387. The number of hydrogen-bond acceptors (Lipinski definition) is 4. The lowest BCUT2D eigenvalue weighted by atomic mass is 10.2. The highest BCUT2D eigenvalue weighted by atomic mass is 79.9. The molecule has 0 saturated heterocycles. The molecule has 1 aromatic rings. The van der Waals surface area contributed by atoms with E-state index in [2.05, 4.69) is 25.4 Å². The molecule has 1 aromatic carbocycles. The maximum atomic E-state index is 12.0. The van der Waals surface area contributed by atoms with Crippen LogP contribution in [0, 0.1) is 10.1 Å². The summed E-state index contributed by atoms with van der Waals surface area (Å²) in [5.41, 5.74) is -0.621. The van der Waals surface area contributed by atoms with Crippen molar-refractivity contribution in [3.05, 3.63) is 26.7 Å². The second kappa shape index (κ2) is 5.59. The Bertz CT molecular complexity index is 402.